The van der Waals surface area contributed by atoms with Gasteiger partial charge >= 0.3 is 0 Å². The minimum absolute atomic E-state index is 0.0481. The number of aryl methyl sites for hydroxylation is 1. The van der Waals surface area contributed by atoms with E-state index in [1.165, 1.54) is 0 Å². The lowest BCUT2D eigenvalue weighted by Gasteiger charge is -2.13. The summed E-state index contributed by atoms with van der Waals surface area (Å²) in [6.45, 7) is 3.68. The molecule has 0 unspecified atom stereocenters. The van der Waals surface area contributed by atoms with Crippen molar-refractivity contribution in [1.29, 1.82) is 0 Å². The van der Waals surface area contributed by atoms with Crippen molar-refractivity contribution in [1.82, 2.24) is 5.32 Å². The van der Waals surface area contributed by atoms with E-state index < -0.39 is 0 Å². The number of nitrogens with one attached hydrogen (secondary N) is 1. The molecule has 0 saturated carbocycles. The molecule has 4 nitrogen and oxygen atoms in total. The second kappa shape index (κ2) is 6.48. The van der Waals surface area contributed by atoms with E-state index in [-0.39, 0.29) is 18.6 Å². The van der Waals surface area contributed by atoms with Gasteiger partial charge in [-0.3, -0.25) is 4.79 Å². The van der Waals surface area contributed by atoms with Crippen LogP contribution in [-0.4, -0.2) is 12.5 Å². The number of amides is 1. The summed E-state index contributed by atoms with van der Waals surface area (Å²) in [4.78, 5) is 11.8. The number of furan rings is 1. The Morgan fingerprint density at radius 3 is 2.90 bits per heavy atom. The van der Waals surface area contributed by atoms with Gasteiger partial charge in [-0.05, 0) is 49.7 Å². The summed E-state index contributed by atoms with van der Waals surface area (Å²) in [5.74, 6) is 1.15. The van der Waals surface area contributed by atoms with Crippen LogP contribution in [0, 0.1) is 6.92 Å². The molecule has 1 heterocycles. The molecule has 0 fully saturated rings. The van der Waals surface area contributed by atoms with Gasteiger partial charge in [-0.15, -0.1) is 0 Å². The highest BCUT2D eigenvalue weighted by Gasteiger charge is 2.12. The lowest BCUT2D eigenvalue weighted by molar-refractivity contribution is -0.123. The van der Waals surface area contributed by atoms with Gasteiger partial charge in [0, 0.05) is 5.02 Å². The standard InChI is InChI=1S/C15H16ClNO3/c1-10-8-12(16)5-6-13(10)20-9-15(18)17-11(2)14-4-3-7-19-14/h3-8,11H,9H2,1-2H3,(H,17,18)/t11-/m1/s1. The summed E-state index contributed by atoms with van der Waals surface area (Å²) in [7, 11) is 0. The summed E-state index contributed by atoms with van der Waals surface area (Å²) in [6.07, 6.45) is 1.57. The van der Waals surface area contributed by atoms with Gasteiger partial charge in [-0.1, -0.05) is 11.6 Å². The fourth-order valence-corrected chi connectivity index (χ4v) is 2.04. The molecule has 1 amide bonds. The summed E-state index contributed by atoms with van der Waals surface area (Å²) in [5, 5.41) is 3.44. The molecule has 2 aromatic rings. The third-order valence-corrected chi connectivity index (χ3v) is 3.08. The van der Waals surface area contributed by atoms with Crippen molar-refractivity contribution in [3.63, 3.8) is 0 Å². The quantitative estimate of drug-likeness (QED) is 0.918. The van der Waals surface area contributed by atoms with Gasteiger partial charge in [0.2, 0.25) is 0 Å². The summed E-state index contributed by atoms with van der Waals surface area (Å²) in [5.41, 5.74) is 0.893. The zero-order chi connectivity index (χ0) is 14.5. The molecule has 2 rings (SSSR count). The Morgan fingerprint density at radius 2 is 2.25 bits per heavy atom. The monoisotopic (exact) mass is 293 g/mol. The summed E-state index contributed by atoms with van der Waals surface area (Å²) in [6, 6.07) is 8.68. The zero-order valence-corrected chi connectivity index (χ0v) is 12.1. The van der Waals surface area contributed by atoms with E-state index >= 15 is 0 Å². The van der Waals surface area contributed by atoms with Crippen molar-refractivity contribution in [3.05, 3.63) is 52.9 Å². The average molecular weight is 294 g/mol. The molecule has 0 bridgehead atoms. The zero-order valence-electron chi connectivity index (χ0n) is 11.4. The fourth-order valence-electron chi connectivity index (χ4n) is 1.81. The number of benzene rings is 1. The van der Waals surface area contributed by atoms with Gasteiger partial charge in [-0.25, -0.2) is 0 Å². The van der Waals surface area contributed by atoms with Crippen LogP contribution in [0.15, 0.2) is 41.0 Å². The number of carbonyl (C=O) groups excluding carboxylic acids is 1. The van der Waals surface area contributed by atoms with Crippen LogP contribution in [0.3, 0.4) is 0 Å². The SMILES string of the molecule is Cc1cc(Cl)ccc1OCC(=O)N[C@H](C)c1ccco1. The first-order valence-electron chi connectivity index (χ1n) is 6.28. The molecule has 0 spiro atoms. The topological polar surface area (TPSA) is 51.5 Å². The molecule has 0 aliphatic carbocycles. The second-order valence-corrected chi connectivity index (χ2v) is 4.94. The molecule has 106 valence electrons. The number of ether oxygens (including phenoxy) is 1. The van der Waals surface area contributed by atoms with Crippen molar-refractivity contribution in [3.8, 4) is 5.75 Å². The van der Waals surface area contributed by atoms with E-state index in [9.17, 15) is 4.79 Å². The van der Waals surface area contributed by atoms with Crippen LogP contribution >= 0.6 is 11.6 Å². The van der Waals surface area contributed by atoms with E-state index in [1.807, 2.05) is 19.9 Å². The maximum absolute atomic E-state index is 11.8. The van der Waals surface area contributed by atoms with Crippen LogP contribution < -0.4 is 10.1 Å². The molecular formula is C15H16ClNO3. The lowest BCUT2D eigenvalue weighted by atomic mass is 10.2. The smallest absolute Gasteiger partial charge is 0.258 e. The van der Waals surface area contributed by atoms with E-state index in [0.29, 0.717) is 16.5 Å². The number of hydrogen-bond acceptors (Lipinski definition) is 3. The second-order valence-electron chi connectivity index (χ2n) is 4.50. The van der Waals surface area contributed by atoms with Gasteiger partial charge in [0.05, 0.1) is 12.3 Å². The van der Waals surface area contributed by atoms with Crippen molar-refractivity contribution in [2.75, 3.05) is 6.61 Å². The molecule has 20 heavy (non-hydrogen) atoms. The average Bonchev–Trinajstić information content (AvgIpc) is 2.91. The number of hydrogen-bond donors (Lipinski definition) is 1. The van der Waals surface area contributed by atoms with Gasteiger partial charge in [0.1, 0.15) is 11.5 Å². The first-order chi connectivity index (χ1) is 9.56. The highest BCUT2D eigenvalue weighted by atomic mass is 35.5. The first-order valence-corrected chi connectivity index (χ1v) is 6.66. The van der Waals surface area contributed by atoms with Crippen LogP contribution in [0.5, 0.6) is 5.75 Å². The van der Waals surface area contributed by atoms with E-state index in [1.54, 1.807) is 30.5 Å². The largest absolute Gasteiger partial charge is 0.484 e. The van der Waals surface area contributed by atoms with Gasteiger partial charge in [0.15, 0.2) is 6.61 Å². The highest BCUT2D eigenvalue weighted by molar-refractivity contribution is 6.30. The first kappa shape index (κ1) is 14.5. The summed E-state index contributed by atoms with van der Waals surface area (Å²) >= 11 is 5.86. The van der Waals surface area contributed by atoms with E-state index in [2.05, 4.69) is 5.32 Å². The van der Waals surface area contributed by atoms with Crippen LogP contribution in [0.2, 0.25) is 5.02 Å². The van der Waals surface area contributed by atoms with E-state index in [4.69, 9.17) is 20.8 Å². The Balaban J connectivity index is 1.86. The maximum Gasteiger partial charge on any atom is 0.258 e. The molecule has 0 saturated heterocycles. The van der Waals surface area contributed by atoms with Crippen LogP contribution in [0.4, 0.5) is 0 Å². The van der Waals surface area contributed by atoms with Gasteiger partial charge in [0.25, 0.3) is 5.91 Å². The Kier molecular flexibility index (Phi) is 4.69. The number of rotatable bonds is 5. The minimum atomic E-state index is -0.205. The molecule has 0 aliphatic heterocycles. The maximum atomic E-state index is 11.8. The Labute approximate surface area is 122 Å². The molecule has 1 aromatic carbocycles. The van der Waals surface area contributed by atoms with Crippen LogP contribution in [0.25, 0.3) is 0 Å². The normalized spacial score (nSPS) is 11.9. The molecule has 0 radical (unpaired) electrons. The Morgan fingerprint density at radius 1 is 1.45 bits per heavy atom. The van der Waals surface area contributed by atoms with E-state index in [0.717, 1.165) is 5.56 Å². The van der Waals surface area contributed by atoms with Crippen molar-refractivity contribution < 1.29 is 13.9 Å². The fraction of sp³-hybridized carbons (Fsp3) is 0.267. The molecule has 1 N–H and O–H groups in total. The predicted molar refractivity (Wildman–Crippen MR) is 76.9 cm³/mol. The third-order valence-electron chi connectivity index (χ3n) is 2.84. The highest BCUT2D eigenvalue weighted by Crippen LogP contribution is 2.21. The Bertz CT molecular complexity index is 581. The van der Waals surface area contributed by atoms with Crippen LogP contribution in [-0.2, 0) is 4.79 Å². The summed E-state index contributed by atoms with van der Waals surface area (Å²) < 4.78 is 10.7. The molecular weight excluding hydrogens is 278 g/mol. The Hall–Kier alpha value is -1.94. The van der Waals surface area contributed by atoms with Crippen molar-refractivity contribution in [2.45, 2.75) is 19.9 Å². The lowest BCUT2D eigenvalue weighted by Crippen LogP contribution is -2.31. The van der Waals surface area contributed by atoms with Crippen molar-refractivity contribution in [2.24, 2.45) is 0 Å². The minimum Gasteiger partial charge on any atom is -0.484 e. The van der Waals surface area contributed by atoms with Crippen molar-refractivity contribution >= 4 is 17.5 Å². The molecule has 5 heteroatoms. The van der Waals surface area contributed by atoms with Gasteiger partial charge in [-0.2, -0.15) is 0 Å². The molecule has 1 atom stereocenters. The third kappa shape index (κ3) is 3.78. The number of halogens is 1. The predicted octanol–water partition coefficient (Wildman–Crippen LogP) is 3.50. The number of carbonyl (C=O) groups is 1. The molecule has 0 aliphatic rings. The molecule has 1 aromatic heterocycles. The van der Waals surface area contributed by atoms with Crippen LogP contribution in [0.1, 0.15) is 24.3 Å². The van der Waals surface area contributed by atoms with Gasteiger partial charge < -0.3 is 14.5 Å².